The van der Waals surface area contributed by atoms with Crippen molar-refractivity contribution < 1.29 is 10.2 Å². The first-order valence-corrected chi connectivity index (χ1v) is 12.2. The molecule has 0 saturated heterocycles. The van der Waals surface area contributed by atoms with Crippen LogP contribution >= 0.6 is 0 Å². The number of hydrogen-bond acceptors (Lipinski definition) is 2. The molecule has 0 radical (unpaired) electrons. The topological polar surface area (TPSA) is 56.2 Å². The van der Waals surface area contributed by atoms with Crippen LogP contribution in [-0.4, -0.2) is 26.9 Å². The first-order chi connectivity index (χ1) is 14.6. The molecule has 4 rings (SSSR count). The monoisotopic (exact) mass is 423 g/mol. The molecule has 0 amide bonds. The second-order valence-corrected chi connectivity index (χ2v) is 11.2. The Morgan fingerprint density at radius 3 is 2.65 bits per heavy atom. The second-order valence-electron chi connectivity index (χ2n) is 11.2. The largest absolute Gasteiger partial charge is 0.393 e. The molecule has 2 aromatic rings. The van der Waals surface area contributed by atoms with E-state index < -0.39 is 5.60 Å². The highest BCUT2D eigenvalue weighted by Gasteiger charge is 2.66. The van der Waals surface area contributed by atoms with E-state index in [-0.39, 0.29) is 22.9 Å². The zero-order chi connectivity index (χ0) is 22.4. The number of fused-ring (bicyclic) bond motifs is 2. The van der Waals surface area contributed by atoms with Gasteiger partial charge in [0.05, 0.1) is 11.7 Å². The van der Waals surface area contributed by atoms with Crippen molar-refractivity contribution in [3.8, 4) is 0 Å². The number of rotatable bonds is 5. The Kier molecular flexibility index (Phi) is 5.89. The highest BCUT2D eigenvalue weighted by atomic mass is 16.3. The van der Waals surface area contributed by atoms with Crippen molar-refractivity contribution in [1.29, 1.82) is 0 Å². The van der Waals surface area contributed by atoms with Crippen molar-refractivity contribution in [3.63, 3.8) is 0 Å². The Bertz CT molecular complexity index is 953. The minimum atomic E-state index is -0.791. The predicted molar refractivity (Wildman–Crippen MR) is 129 cm³/mol. The van der Waals surface area contributed by atoms with Crippen LogP contribution in [-0.2, 0) is 6.42 Å². The third kappa shape index (κ3) is 3.58. The molecule has 2 saturated carbocycles. The van der Waals surface area contributed by atoms with Crippen molar-refractivity contribution in [2.45, 2.75) is 91.3 Å². The summed E-state index contributed by atoms with van der Waals surface area (Å²) in [6, 6.07) is 8.44. The lowest BCUT2D eigenvalue weighted by molar-refractivity contribution is -0.246. The maximum atomic E-state index is 11.8. The summed E-state index contributed by atoms with van der Waals surface area (Å²) in [7, 11) is 0. The third-order valence-corrected chi connectivity index (χ3v) is 9.35. The molecule has 170 valence electrons. The Morgan fingerprint density at radius 1 is 1.16 bits per heavy atom. The molecule has 3 N–H and O–H groups in total. The molecule has 3 heteroatoms. The van der Waals surface area contributed by atoms with E-state index in [9.17, 15) is 10.2 Å². The van der Waals surface area contributed by atoms with E-state index in [0.29, 0.717) is 5.92 Å². The molecule has 1 aromatic heterocycles. The number of allylic oxidation sites excluding steroid dienone is 2. The first-order valence-electron chi connectivity index (χ1n) is 12.2. The Labute approximate surface area is 188 Å². The summed E-state index contributed by atoms with van der Waals surface area (Å²) < 4.78 is 0. The van der Waals surface area contributed by atoms with Crippen LogP contribution in [0.1, 0.15) is 78.7 Å². The quantitative estimate of drug-likeness (QED) is 0.487. The summed E-state index contributed by atoms with van der Waals surface area (Å²) in [5, 5.41) is 24.7. The molecule has 0 spiro atoms. The van der Waals surface area contributed by atoms with E-state index in [1.54, 1.807) is 0 Å². The van der Waals surface area contributed by atoms with Crippen LogP contribution in [0.4, 0.5) is 0 Å². The number of aliphatic hydroxyl groups excluding tert-OH is 1. The lowest BCUT2D eigenvalue weighted by Gasteiger charge is -2.67. The molecule has 3 nitrogen and oxygen atoms in total. The van der Waals surface area contributed by atoms with Gasteiger partial charge in [0.2, 0.25) is 0 Å². The molecule has 1 heterocycles. The van der Waals surface area contributed by atoms with Gasteiger partial charge in [-0.15, -0.1) is 0 Å². The van der Waals surface area contributed by atoms with Crippen molar-refractivity contribution in [2.24, 2.45) is 22.7 Å². The number of para-hydroxylation sites is 1. The summed E-state index contributed by atoms with van der Waals surface area (Å²) in [6.45, 7) is 11.1. The van der Waals surface area contributed by atoms with Crippen molar-refractivity contribution in [1.82, 2.24) is 4.98 Å². The Hall–Kier alpha value is -1.58. The molecule has 0 bridgehead atoms. The zero-order valence-electron chi connectivity index (χ0n) is 20.0. The second kappa shape index (κ2) is 8.08. The number of aliphatic hydroxyl groups is 2. The number of H-pyrrole nitrogens is 1. The summed E-state index contributed by atoms with van der Waals surface area (Å²) in [5.74, 6) is 0.561. The van der Waals surface area contributed by atoms with Crippen LogP contribution in [0, 0.1) is 22.7 Å². The van der Waals surface area contributed by atoms with Gasteiger partial charge in [-0.05, 0) is 88.7 Å². The highest BCUT2D eigenvalue weighted by molar-refractivity contribution is 5.83. The average Bonchev–Trinajstić information content (AvgIpc) is 3.13. The standard InChI is InChI=1S/C28H41NO2/c1-19(2)9-8-14-28-24(17-21-18-29-23-11-7-6-10-22(21)23)27(5,31)16-15-26(28,4)20(3)12-13-25(28)30/h6-7,9-11,18,20,24-25,29-31H,8,12-17H2,1-5H3. The van der Waals surface area contributed by atoms with Crippen molar-refractivity contribution in [3.05, 3.63) is 47.7 Å². The van der Waals surface area contributed by atoms with E-state index >= 15 is 0 Å². The molecule has 2 aliphatic carbocycles. The number of nitrogens with one attached hydrogen (secondary N) is 1. The molecule has 1 aromatic carbocycles. The lowest BCUT2D eigenvalue weighted by Crippen LogP contribution is -2.67. The minimum Gasteiger partial charge on any atom is -0.393 e. The molecule has 6 atom stereocenters. The summed E-state index contributed by atoms with van der Waals surface area (Å²) in [4.78, 5) is 3.42. The zero-order valence-corrected chi connectivity index (χ0v) is 20.0. The van der Waals surface area contributed by atoms with Crippen LogP contribution in [0.3, 0.4) is 0 Å². The van der Waals surface area contributed by atoms with Crippen molar-refractivity contribution >= 4 is 10.9 Å². The fraction of sp³-hybridized carbons (Fsp3) is 0.643. The van der Waals surface area contributed by atoms with Gasteiger partial charge < -0.3 is 15.2 Å². The highest BCUT2D eigenvalue weighted by Crippen LogP contribution is 2.67. The van der Waals surface area contributed by atoms with Crippen LogP contribution in [0.2, 0.25) is 0 Å². The van der Waals surface area contributed by atoms with Gasteiger partial charge in [0.15, 0.2) is 0 Å². The molecular formula is C28H41NO2. The van der Waals surface area contributed by atoms with Gasteiger partial charge in [-0.3, -0.25) is 0 Å². The van der Waals surface area contributed by atoms with Gasteiger partial charge in [0.25, 0.3) is 0 Å². The summed E-state index contributed by atoms with van der Waals surface area (Å²) >= 11 is 0. The first kappa shape index (κ1) is 22.6. The van der Waals surface area contributed by atoms with Gasteiger partial charge in [0, 0.05) is 28.4 Å². The molecular weight excluding hydrogens is 382 g/mol. The third-order valence-electron chi connectivity index (χ3n) is 9.35. The van der Waals surface area contributed by atoms with E-state index in [2.05, 4.69) is 69.2 Å². The molecule has 2 aliphatic rings. The van der Waals surface area contributed by atoms with E-state index in [4.69, 9.17) is 0 Å². The number of aromatic nitrogens is 1. The fourth-order valence-electron chi connectivity index (χ4n) is 7.32. The van der Waals surface area contributed by atoms with E-state index in [1.807, 2.05) is 6.92 Å². The lowest BCUT2D eigenvalue weighted by atomic mass is 9.39. The number of benzene rings is 1. The Balaban J connectivity index is 1.84. The van der Waals surface area contributed by atoms with Crippen LogP contribution in [0.5, 0.6) is 0 Å². The average molecular weight is 424 g/mol. The molecule has 2 fully saturated rings. The fourth-order valence-corrected chi connectivity index (χ4v) is 7.32. The SMILES string of the molecule is CC(C)=CCCC12C(O)CCC(C)C1(C)CCC(C)(O)C2Cc1c[nH]c2ccccc12. The predicted octanol–water partition coefficient (Wildman–Crippen LogP) is 6.40. The van der Waals surface area contributed by atoms with E-state index in [0.717, 1.165) is 50.5 Å². The normalized spacial score (nSPS) is 38.1. The number of hydrogen-bond donors (Lipinski definition) is 3. The van der Waals surface area contributed by atoms with Crippen LogP contribution in [0.15, 0.2) is 42.1 Å². The molecule has 0 aliphatic heterocycles. The van der Waals surface area contributed by atoms with Gasteiger partial charge in [-0.2, -0.15) is 0 Å². The van der Waals surface area contributed by atoms with Gasteiger partial charge >= 0.3 is 0 Å². The minimum absolute atomic E-state index is 0.0151. The Morgan fingerprint density at radius 2 is 1.90 bits per heavy atom. The van der Waals surface area contributed by atoms with Gasteiger partial charge in [0.1, 0.15) is 0 Å². The smallest absolute Gasteiger partial charge is 0.0657 e. The van der Waals surface area contributed by atoms with Gasteiger partial charge in [-0.1, -0.05) is 43.7 Å². The van der Waals surface area contributed by atoms with Gasteiger partial charge in [-0.25, -0.2) is 0 Å². The maximum Gasteiger partial charge on any atom is 0.0657 e. The summed E-state index contributed by atoms with van der Waals surface area (Å²) in [6.07, 6.45) is 10.5. The van der Waals surface area contributed by atoms with Crippen molar-refractivity contribution in [2.75, 3.05) is 0 Å². The number of aromatic amines is 1. The van der Waals surface area contributed by atoms with Crippen LogP contribution in [0.25, 0.3) is 10.9 Å². The molecule has 6 unspecified atom stereocenters. The summed E-state index contributed by atoms with van der Waals surface area (Å²) in [5.41, 5.74) is 2.67. The molecule has 31 heavy (non-hydrogen) atoms. The van der Waals surface area contributed by atoms with E-state index in [1.165, 1.54) is 16.5 Å². The van der Waals surface area contributed by atoms with Crippen LogP contribution < -0.4 is 0 Å². The maximum absolute atomic E-state index is 11.8.